The Balaban J connectivity index is 1.73. The molecule has 0 atom stereocenters. The van der Waals surface area contributed by atoms with E-state index in [9.17, 15) is 9.59 Å². The summed E-state index contributed by atoms with van der Waals surface area (Å²) in [5.74, 6) is 0.787. The third-order valence-electron chi connectivity index (χ3n) is 5.17. The smallest absolute Gasteiger partial charge is 0.235 e. The highest BCUT2D eigenvalue weighted by Crippen LogP contribution is 2.32. The van der Waals surface area contributed by atoms with Crippen molar-refractivity contribution in [3.8, 4) is 28.6 Å². The van der Waals surface area contributed by atoms with Gasteiger partial charge in [-0.05, 0) is 67.1 Å². The van der Waals surface area contributed by atoms with Crippen LogP contribution in [0.15, 0.2) is 69.9 Å². The number of ketones is 1. The molecule has 0 spiro atoms. The maximum Gasteiger partial charge on any atom is 0.235 e. The first-order valence-corrected chi connectivity index (χ1v) is 10.5. The summed E-state index contributed by atoms with van der Waals surface area (Å²) in [6.07, 6.45) is 0. The van der Waals surface area contributed by atoms with Gasteiger partial charge in [0.1, 0.15) is 5.58 Å². The number of ether oxygens (including phenoxy) is 3. The highest BCUT2D eigenvalue weighted by molar-refractivity contribution is 6.30. The average molecular weight is 465 g/mol. The molecule has 0 unspecified atom stereocenters. The fourth-order valence-corrected chi connectivity index (χ4v) is 3.56. The molecule has 0 aliphatic heterocycles. The molecule has 33 heavy (non-hydrogen) atoms. The number of aryl methyl sites for hydroxylation is 1. The molecule has 3 aromatic carbocycles. The number of hydrogen-bond acceptors (Lipinski definition) is 6. The summed E-state index contributed by atoms with van der Waals surface area (Å²) in [5, 5.41) is 0.913. The van der Waals surface area contributed by atoms with Gasteiger partial charge in [-0.1, -0.05) is 17.7 Å². The third-order valence-corrected chi connectivity index (χ3v) is 5.42. The van der Waals surface area contributed by atoms with Gasteiger partial charge in [0, 0.05) is 16.1 Å². The molecule has 6 nitrogen and oxygen atoms in total. The van der Waals surface area contributed by atoms with Crippen molar-refractivity contribution in [2.75, 3.05) is 20.8 Å². The molecule has 1 heterocycles. The Morgan fingerprint density at radius 2 is 1.67 bits per heavy atom. The van der Waals surface area contributed by atoms with Crippen LogP contribution in [0.5, 0.6) is 17.2 Å². The van der Waals surface area contributed by atoms with Gasteiger partial charge in [-0.3, -0.25) is 9.59 Å². The lowest BCUT2D eigenvalue weighted by Gasteiger charge is -2.13. The summed E-state index contributed by atoms with van der Waals surface area (Å²) in [6.45, 7) is 1.55. The van der Waals surface area contributed by atoms with E-state index in [0.29, 0.717) is 38.6 Å². The first kappa shape index (κ1) is 22.4. The minimum absolute atomic E-state index is 0.0393. The first-order valence-electron chi connectivity index (χ1n) is 10.1. The van der Waals surface area contributed by atoms with E-state index in [2.05, 4.69) is 0 Å². The Kier molecular flexibility index (Phi) is 6.38. The van der Waals surface area contributed by atoms with E-state index in [1.807, 2.05) is 13.0 Å². The molecule has 7 heteroatoms. The van der Waals surface area contributed by atoms with Crippen LogP contribution < -0.4 is 19.6 Å². The van der Waals surface area contributed by atoms with Crippen LogP contribution in [0.1, 0.15) is 15.9 Å². The summed E-state index contributed by atoms with van der Waals surface area (Å²) in [5.41, 5.74) is 1.99. The second kappa shape index (κ2) is 9.38. The molecular formula is C26H21ClO6. The summed E-state index contributed by atoms with van der Waals surface area (Å²) in [7, 11) is 3.00. The molecule has 0 amide bonds. The maximum absolute atomic E-state index is 13.3. The topological polar surface area (TPSA) is 75.0 Å². The van der Waals surface area contributed by atoms with Gasteiger partial charge in [0.25, 0.3) is 0 Å². The zero-order valence-corrected chi connectivity index (χ0v) is 19.1. The molecule has 0 aliphatic rings. The quantitative estimate of drug-likeness (QED) is 0.326. The van der Waals surface area contributed by atoms with Gasteiger partial charge in [0.05, 0.1) is 19.6 Å². The van der Waals surface area contributed by atoms with Crippen molar-refractivity contribution in [1.29, 1.82) is 0 Å². The predicted molar refractivity (Wildman–Crippen MR) is 127 cm³/mol. The number of Topliss-reactive ketones (excluding diaryl/α,β-unsaturated/α-hetero) is 1. The standard InChI is InChI=1S/C26H21ClO6/c1-15-4-10-19-22(12-15)33-25(16-5-8-18(27)9-6-16)26(24(19)29)32-14-20(28)17-7-11-21(30-2)23(13-17)31-3/h4-13H,14H2,1-3H3. The lowest BCUT2D eigenvalue weighted by atomic mass is 10.1. The summed E-state index contributed by atoms with van der Waals surface area (Å²) in [6, 6.07) is 16.9. The normalized spacial score (nSPS) is 10.8. The second-order valence-electron chi connectivity index (χ2n) is 7.38. The fraction of sp³-hybridized carbons (Fsp3) is 0.154. The van der Waals surface area contributed by atoms with E-state index >= 15 is 0 Å². The molecular weight excluding hydrogens is 444 g/mol. The third kappa shape index (κ3) is 4.56. The number of carbonyl (C=O) groups excluding carboxylic acids is 1. The first-order chi connectivity index (χ1) is 15.9. The van der Waals surface area contributed by atoms with E-state index in [-0.39, 0.29) is 29.3 Å². The fourth-order valence-electron chi connectivity index (χ4n) is 3.44. The van der Waals surface area contributed by atoms with Crippen LogP contribution in [0.25, 0.3) is 22.3 Å². The van der Waals surface area contributed by atoms with E-state index in [4.69, 9.17) is 30.2 Å². The molecule has 4 rings (SSSR count). The number of benzene rings is 3. The van der Waals surface area contributed by atoms with Gasteiger partial charge < -0.3 is 18.6 Å². The largest absolute Gasteiger partial charge is 0.493 e. The van der Waals surface area contributed by atoms with E-state index < -0.39 is 0 Å². The summed E-state index contributed by atoms with van der Waals surface area (Å²) < 4.78 is 22.3. The number of carbonyl (C=O) groups is 1. The molecule has 0 radical (unpaired) electrons. The van der Waals surface area contributed by atoms with Gasteiger partial charge in [-0.25, -0.2) is 0 Å². The minimum atomic E-state index is -0.363. The molecule has 0 saturated carbocycles. The predicted octanol–water partition coefficient (Wildman–Crippen LogP) is 5.70. The molecule has 0 saturated heterocycles. The Morgan fingerprint density at radius 1 is 0.939 bits per heavy atom. The number of halogens is 1. The number of fused-ring (bicyclic) bond motifs is 1. The van der Waals surface area contributed by atoms with Gasteiger partial charge >= 0.3 is 0 Å². The van der Waals surface area contributed by atoms with Crippen molar-refractivity contribution >= 4 is 28.4 Å². The average Bonchev–Trinajstić information content (AvgIpc) is 2.83. The summed E-state index contributed by atoms with van der Waals surface area (Å²) in [4.78, 5) is 26.1. The van der Waals surface area contributed by atoms with Gasteiger partial charge in [0.2, 0.25) is 11.2 Å². The second-order valence-corrected chi connectivity index (χ2v) is 7.81. The van der Waals surface area contributed by atoms with Crippen LogP contribution >= 0.6 is 11.6 Å². The van der Waals surface area contributed by atoms with Crippen LogP contribution in [0.4, 0.5) is 0 Å². The SMILES string of the molecule is COc1ccc(C(=O)COc2c(-c3ccc(Cl)cc3)oc3cc(C)ccc3c2=O)cc1OC. The zero-order chi connectivity index (χ0) is 23.5. The van der Waals surface area contributed by atoms with Crippen molar-refractivity contribution in [2.24, 2.45) is 0 Å². The van der Waals surface area contributed by atoms with Crippen LogP contribution in [-0.2, 0) is 0 Å². The lowest BCUT2D eigenvalue weighted by molar-refractivity contribution is 0.0920. The van der Waals surface area contributed by atoms with Gasteiger partial charge in [-0.15, -0.1) is 0 Å². The Labute approximate surface area is 195 Å². The molecule has 1 aromatic heterocycles. The molecule has 0 aliphatic carbocycles. The molecule has 0 fully saturated rings. The highest BCUT2D eigenvalue weighted by atomic mass is 35.5. The van der Waals surface area contributed by atoms with Crippen molar-refractivity contribution in [1.82, 2.24) is 0 Å². The monoisotopic (exact) mass is 464 g/mol. The van der Waals surface area contributed by atoms with Crippen LogP contribution in [-0.4, -0.2) is 26.6 Å². The van der Waals surface area contributed by atoms with Gasteiger partial charge in [0.15, 0.2) is 29.6 Å². The Hall–Kier alpha value is -3.77. The van der Waals surface area contributed by atoms with E-state index in [1.54, 1.807) is 54.6 Å². The lowest BCUT2D eigenvalue weighted by Crippen LogP contribution is -2.17. The zero-order valence-electron chi connectivity index (χ0n) is 18.3. The van der Waals surface area contributed by atoms with Crippen molar-refractivity contribution in [3.05, 3.63) is 87.0 Å². The number of methoxy groups -OCH3 is 2. The molecule has 168 valence electrons. The maximum atomic E-state index is 13.3. The molecule has 4 aromatic rings. The highest BCUT2D eigenvalue weighted by Gasteiger charge is 2.20. The summed E-state index contributed by atoms with van der Waals surface area (Å²) >= 11 is 6.02. The number of hydrogen-bond donors (Lipinski definition) is 0. The van der Waals surface area contributed by atoms with Crippen molar-refractivity contribution in [2.45, 2.75) is 6.92 Å². The minimum Gasteiger partial charge on any atom is -0.493 e. The van der Waals surface area contributed by atoms with Crippen molar-refractivity contribution in [3.63, 3.8) is 0 Å². The van der Waals surface area contributed by atoms with Crippen LogP contribution in [0.3, 0.4) is 0 Å². The molecule has 0 N–H and O–H groups in total. The van der Waals surface area contributed by atoms with Crippen LogP contribution in [0, 0.1) is 6.92 Å². The van der Waals surface area contributed by atoms with E-state index in [0.717, 1.165) is 5.56 Å². The molecule has 0 bridgehead atoms. The van der Waals surface area contributed by atoms with Crippen LogP contribution in [0.2, 0.25) is 5.02 Å². The Bertz CT molecular complexity index is 1390. The number of rotatable bonds is 7. The van der Waals surface area contributed by atoms with E-state index in [1.165, 1.54) is 14.2 Å². The van der Waals surface area contributed by atoms with Crippen molar-refractivity contribution < 1.29 is 23.4 Å². The van der Waals surface area contributed by atoms with Gasteiger partial charge in [-0.2, -0.15) is 0 Å². The Morgan fingerprint density at radius 3 is 2.36 bits per heavy atom.